The highest BCUT2D eigenvalue weighted by molar-refractivity contribution is 7.89. The maximum atomic E-state index is 14.2. The van der Waals surface area contributed by atoms with Gasteiger partial charge >= 0.3 is 0 Å². The van der Waals surface area contributed by atoms with Crippen LogP contribution in [0.3, 0.4) is 0 Å². The topological polar surface area (TPSA) is 102 Å². The van der Waals surface area contributed by atoms with Crippen molar-refractivity contribution in [1.82, 2.24) is 14.4 Å². The van der Waals surface area contributed by atoms with Gasteiger partial charge in [-0.05, 0) is 31.0 Å². The van der Waals surface area contributed by atoms with E-state index in [4.69, 9.17) is 10.3 Å². The highest BCUT2D eigenvalue weighted by Gasteiger charge is 2.36. The Morgan fingerprint density at radius 2 is 1.92 bits per heavy atom. The summed E-state index contributed by atoms with van der Waals surface area (Å²) in [5, 5.41) is 3.88. The molecule has 1 heterocycles. The van der Waals surface area contributed by atoms with E-state index in [0.717, 1.165) is 36.1 Å². The highest BCUT2D eigenvalue weighted by Crippen LogP contribution is 2.36. The number of benzene rings is 1. The highest BCUT2D eigenvalue weighted by atomic mass is 35.5. The quantitative estimate of drug-likeness (QED) is 0.859. The molecule has 138 valence electrons. The van der Waals surface area contributed by atoms with Gasteiger partial charge in [-0.25, -0.2) is 17.1 Å². The fraction of sp³-hybridized carbons (Fsp3) is 0.467. The molecule has 25 heavy (non-hydrogen) atoms. The number of aromatic nitrogens is 2. The van der Waals surface area contributed by atoms with Gasteiger partial charge in [0.2, 0.25) is 10.0 Å². The predicted octanol–water partition coefficient (Wildman–Crippen LogP) is 2.28. The smallest absolute Gasteiger partial charge is 0.261 e. The fourth-order valence-electron chi connectivity index (χ4n) is 2.80. The normalized spacial score (nSPS) is 16.8. The van der Waals surface area contributed by atoms with Crippen LogP contribution in [0.25, 0.3) is 11.5 Å². The van der Waals surface area contributed by atoms with Crippen LogP contribution in [0, 0.1) is 5.82 Å². The molecular formula is C15H20ClFN4O3S. The molecule has 1 aromatic heterocycles. The van der Waals surface area contributed by atoms with Gasteiger partial charge in [-0.2, -0.15) is 4.98 Å². The molecular weight excluding hydrogens is 371 g/mol. The van der Waals surface area contributed by atoms with Crippen LogP contribution < -0.4 is 5.73 Å². The molecule has 10 heteroatoms. The van der Waals surface area contributed by atoms with E-state index >= 15 is 0 Å². The minimum Gasteiger partial charge on any atom is -0.334 e. The van der Waals surface area contributed by atoms with Crippen molar-refractivity contribution in [3.63, 3.8) is 0 Å². The molecule has 2 N–H and O–H groups in total. The maximum Gasteiger partial charge on any atom is 0.261 e. The number of halogens is 2. The molecule has 1 fully saturated rings. The van der Waals surface area contributed by atoms with Crippen LogP contribution in [0.5, 0.6) is 0 Å². The number of rotatable bonds is 4. The minimum atomic E-state index is -3.69. The lowest BCUT2D eigenvalue weighted by Crippen LogP contribution is -2.34. The van der Waals surface area contributed by atoms with E-state index in [1.165, 1.54) is 26.2 Å². The van der Waals surface area contributed by atoms with Gasteiger partial charge in [0.1, 0.15) is 5.82 Å². The molecule has 0 aliphatic heterocycles. The molecule has 1 aliphatic rings. The number of nitrogens with two attached hydrogens (primary N) is 1. The summed E-state index contributed by atoms with van der Waals surface area (Å²) in [4.78, 5) is 4.16. The molecule has 0 atom stereocenters. The summed E-state index contributed by atoms with van der Waals surface area (Å²) in [6.45, 7) is 0. The van der Waals surface area contributed by atoms with Gasteiger partial charge < -0.3 is 10.3 Å². The van der Waals surface area contributed by atoms with Crippen LogP contribution in [0.15, 0.2) is 27.6 Å². The van der Waals surface area contributed by atoms with Gasteiger partial charge in [-0.1, -0.05) is 18.0 Å². The third-order valence-electron chi connectivity index (χ3n) is 4.31. The monoisotopic (exact) mass is 390 g/mol. The first-order valence-corrected chi connectivity index (χ1v) is 9.03. The third kappa shape index (κ3) is 3.55. The van der Waals surface area contributed by atoms with Gasteiger partial charge in [-0.3, -0.25) is 0 Å². The van der Waals surface area contributed by atoms with Crippen LogP contribution in [0.2, 0.25) is 0 Å². The van der Waals surface area contributed by atoms with Crippen LogP contribution >= 0.6 is 12.4 Å². The van der Waals surface area contributed by atoms with E-state index in [2.05, 4.69) is 10.1 Å². The Morgan fingerprint density at radius 3 is 2.52 bits per heavy atom. The summed E-state index contributed by atoms with van der Waals surface area (Å²) in [6, 6.07) is 3.47. The van der Waals surface area contributed by atoms with Crippen molar-refractivity contribution in [3.05, 3.63) is 29.8 Å². The Hall–Kier alpha value is -1.55. The number of nitrogens with zero attached hydrogens (tertiary/aromatic N) is 3. The molecule has 0 spiro atoms. The lowest BCUT2D eigenvalue weighted by atomic mass is 9.99. The first kappa shape index (κ1) is 19.8. The predicted molar refractivity (Wildman–Crippen MR) is 92.1 cm³/mol. The van der Waals surface area contributed by atoms with Crippen LogP contribution in [0.4, 0.5) is 4.39 Å². The lowest BCUT2D eigenvalue weighted by molar-refractivity contribution is 0.372. The summed E-state index contributed by atoms with van der Waals surface area (Å²) in [5.74, 6) is -0.384. The Morgan fingerprint density at radius 1 is 1.28 bits per heavy atom. The molecule has 7 nitrogen and oxygen atoms in total. The second kappa shape index (κ2) is 6.99. The van der Waals surface area contributed by atoms with E-state index in [1.54, 1.807) is 0 Å². The average molecular weight is 391 g/mol. The largest absolute Gasteiger partial charge is 0.334 e. The lowest BCUT2D eigenvalue weighted by Gasteiger charge is -2.17. The third-order valence-corrected chi connectivity index (χ3v) is 6.13. The summed E-state index contributed by atoms with van der Waals surface area (Å²) < 4.78 is 44.8. The molecule has 0 bridgehead atoms. The van der Waals surface area contributed by atoms with E-state index < -0.39 is 21.4 Å². The van der Waals surface area contributed by atoms with Crippen molar-refractivity contribution in [2.45, 2.75) is 36.1 Å². The SMILES string of the molecule is CN(C)S(=O)(=O)c1ccc(F)c(-c2nc(C3(N)CCCC3)no2)c1.Cl. The molecule has 0 saturated heterocycles. The minimum absolute atomic E-state index is 0. The molecule has 2 aromatic rings. The Bertz CT molecular complexity index is 863. The molecule has 0 amide bonds. The summed E-state index contributed by atoms with van der Waals surface area (Å²) in [7, 11) is -0.885. The van der Waals surface area contributed by atoms with Gasteiger partial charge in [0, 0.05) is 14.1 Å². The van der Waals surface area contributed by atoms with E-state index in [0.29, 0.717) is 5.82 Å². The second-order valence-electron chi connectivity index (χ2n) is 6.22. The van der Waals surface area contributed by atoms with Crippen LogP contribution in [0.1, 0.15) is 31.5 Å². The summed E-state index contributed by atoms with van der Waals surface area (Å²) in [5.41, 5.74) is 5.55. The molecule has 1 saturated carbocycles. The maximum absolute atomic E-state index is 14.2. The Labute approximate surface area is 151 Å². The standard InChI is InChI=1S/C15H19FN4O3S.ClH/c1-20(2)24(21,22)10-5-6-12(16)11(9-10)13-18-14(19-23-13)15(17)7-3-4-8-15;/h5-6,9H,3-4,7-8,17H2,1-2H3;1H. The number of hydrogen-bond donors (Lipinski definition) is 1. The first-order valence-electron chi connectivity index (χ1n) is 7.59. The zero-order chi connectivity index (χ0) is 17.5. The van der Waals surface area contributed by atoms with Gasteiger partial charge in [0.05, 0.1) is 16.0 Å². The molecule has 1 aromatic carbocycles. The van der Waals surface area contributed by atoms with Crippen molar-refractivity contribution in [3.8, 4) is 11.5 Å². The van der Waals surface area contributed by atoms with Crippen molar-refractivity contribution in [2.24, 2.45) is 5.73 Å². The van der Waals surface area contributed by atoms with E-state index in [1.807, 2.05) is 0 Å². The first-order chi connectivity index (χ1) is 11.2. The summed E-state index contributed by atoms with van der Waals surface area (Å²) in [6.07, 6.45) is 3.43. The number of sulfonamides is 1. The van der Waals surface area contributed by atoms with E-state index in [-0.39, 0.29) is 28.8 Å². The van der Waals surface area contributed by atoms with Crippen molar-refractivity contribution < 1.29 is 17.3 Å². The summed E-state index contributed by atoms with van der Waals surface area (Å²) >= 11 is 0. The van der Waals surface area contributed by atoms with Crippen molar-refractivity contribution >= 4 is 22.4 Å². The molecule has 1 aliphatic carbocycles. The zero-order valence-electron chi connectivity index (χ0n) is 13.9. The zero-order valence-corrected chi connectivity index (χ0v) is 15.5. The van der Waals surface area contributed by atoms with Crippen LogP contribution in [-0.4, -0.2) is 37.0 Å². The fourth-order valence-corrected chi connectivity index (χ4v) is 3.73. The Kier molecular flexibility index (Phi) is 5.53. The van der Waals surface area contributed by atoms with Crippen molar-refractivity contribution in [2.75, 3.05) is 14.1 Å². The van der Waals surface area contributed by atoms with Crippen molar-refractivity contribution in [1.29, 1.82) is 0 Å². The number of hydrogen-bond acceptors (Lipinski definition) is 6. The molecule has 3 rings (SSSR count). The van der Waals surface area contributed by atoms with Crippen LogP contribution in [-0.2, 0) is 15.6 Å². The van der Waals surface area contributed by atoms with Gasteiger partial charge in [-0.15, -0.1) is 12.4 Å². The Balaban J connectivity index is 0.00000225. The van der Waals surface area contributed by atoms with Gasteiger partial charge in [0.25, 0.3) is 5.89 Å². The van der Waals surface area contributed by atoms with Gasteiger partial charge in [0.15, 0.2) is 5.82 Å². The second-order valence-corrected chi connectivity index (χ2v) is 8.37. The molecule has 0 radical (unpaired) electrons. The molecule has 0 unspecified atom stereocenters. The van der Waals surface area contributed by atoms with E-state index in [9.17, 15) is 12.8 Å². The average Bonchev–Trinajstić information content (AvgIpc) is 3.17.